The number of hydrogen-bond acceptors (Lipinski definition) is 5. The molecule has 1 saturated carbocycles. The van der Waals surface area contributed by atoms with Crippen molar-refractivity contribution in [1.29, 1.82) is 0 Å². The van der Waals surface area contributed by atoms with Crippen LogP contribution >= 0.6 is 0 Å². The maximum Gasteiger partial charge on any atom is 0.465 e. The Morgan fingerprint density at radius 1 is 1.24 bits per heavy atom. The van der Waals surface area contributed by atoms with Gasteiger partial charge in [0.15, 0.2) is 0 Å². The van der Waals surface area contributed by atoms with E-state index in [1.807, 2.05) is 45.9 Å². The Labute approximate surface area is 196 Å². The summed E-state index contributed by atoms with van der Waals surface area (Å²) >= 11 is 0. The van der Waals surface area contributed by atoms with E-state index >= 15 is 0 Å². The number of halogens is 1. The van der Waals surface area contributed by atoms with E-state index in [0.29, 0.717) is 36.8 Å². The predicted octanol–water partition coefficient (Wildman–Crippen LogP) is 4.61. The third-order valence-electron chi connectivity index (χ3n) is 7.23. The number of amides is 1. The van der Waals surface area contributed by atoms with Gasteiger partial charge in [-0.1, -0.05) is 12.2 Å². The molecule has 2 fully saturated rings. The molecule has 0 aromatic heterocycles. The highest BCUT2D eigenvalue weighted by Crippen LogP contribution is 2.43. The molecule has 0 radical (unpaired) electrons. The van der Waals surface area contributed by atoms with Crippen LogP contribution in [-0.4, -0.2) is 44.5 Å². The predicted molar refractivity (Wildman–Crippen MR) is 125 cm³/mol. The quantitative estimate of drug-likeness (QED) is 0.537. The van der Waals surface area contributed by atoms with Crippen molar-refractivity contribution >= 4 is 13.0 Å². The number of rotatable bonds is 8. The molecule has 2 atom stereocenters. The smallest absolute Gasteiger partial charge is 0.465 e. The van der Waals surface area contributed by atoms with E-state index in [0.717, 1.165) is 0 Å². The minimum atomic E-state index is -0.438. The van der Waals surface area contributed by atoms with Crippen molar-refractivity contribution < 1.29 is 28.0 Å². The topological polar surface area (TPSA) is 66.0 Å². The Bertz CT molecular complexity index is 886. The number of hydrogen-bond donors (Lipinski definition) is 1. The molecule has 1 aliphatic heterocycles. The van der Waals surface area contributed by atoms with Crippen LogP contribution < -0.4 is 5.32 Å². The second kappa shape index (κ2) is 9.30. The maximum absolute atomic E-state index is 14.1. The first kappa shape index (κ1) is 24.1. The second-order valence-electron chi connectivity index (χ2n) is 10.4. The molecule has 1 heterocycles. The van der Waals surface area contributed by atoms with Crippen LogP contribution in [0.3, 0.4) is 0 Å². The molecule has 1 saturated heterocycles. The van der Waals surface area contributed by atoms with Crippen molar-refractivity contribution in [2.75, 3.05) is 20.3 Å². The number of allylic oxidation sites excluding steroid dienone is 4. The van der Waals surface area contributed by atoms with Gasteiger partial charge in [0.2, 0.25) is 0 Å². The third-order valence-corrected chi connectivity index (χ3v) is 7.23. The molecule has 33 heavy (non-hydrogen) atoms. The highest BCUT2D eigenvalue weighted by atomic mass is 19.1. The first-order chi connectivity index (χ1) is 15.6. The third kappa shape index (κ3) is 5.38. The standard InChI is InChI=1S/C25H35BFNO5/c1-24(2)25(3,4)33-26(32-24)18-9-11-21(31-15-16-6-7-16)19(13-18)23(29)28-14-17-8-10-22(30-5)20(27)12-17/h8,10-11,13,16-18H,6-7,9,12,14-15H2,1-5H3,(H,28,29). The van der Waals surface area contributed by atoms with Gasteiger partial charge in [0.25, 0.3) is 5.91 Å². The summed E-state index contributed by atoms with van der Waals surface area (Å²) in [5, 5.41) is 2.96. The van der Waals surface area contributed by atoms with E-state index in [1.54, 1.807) is 6.08 Å². The fourth-order valence-corrected chi connectivity index (χ4v) is 4.14. The molecule has 180 valence electrons. The van der Waals surface area contributed by atoms with Gasteiger partial charge in [0, 0.05) is 24.7 Å². The molecule has 3 aliphatic carbocycles. The lowest BCUT2D eigenvalue weighted by Crippen LogP contribution is -2.41. The molecule has 0 bridgehead atoms. The van der Waals surface area contributed by atoms with Gasteiger partial charge in [-0.3, -0.25) is 4.79 Å². The van der Waals surface area contributed by atoms with Crippen LogP contribution in [-0.2, 0) is 23.6 Å². The summed E-state index contributed by atoms with van der Waals surface area (Å²) in [4.78, 5) is 13.2. The maximum atomic E-state index is 14.1. The summed E-state index contributed by atoms with van der Waals surface area (Å²) in [5.41, 5.74) is -0.381. The highest BCUT2D eigenvalue weighted by Gasteiger charge is 2.53. The van der Waals surface area contributed by atoms with Gasteiger partial charge >= 0.3 is 7.12 Å². The molecule has 6 nitrogen and oxygen atoms in total. The zero-order valence-electron chi connectivity index (χ0n) is 20.3. The number of carbonyl (C=O) groups is 1. The zero-order valence-corrected chi connectivity index (χ0v) is 20.3. The number of ether oxygens (including phenoxy) is 2. The van der Waals surface area contributed by atoms with E-state index < -0.39 is 18.3 Å². The van der Waals surface area contributed by atoms with Crippen LogP contribution in [0.4, 0.5) is 4.39 Å². The van der Waals surface area contributed by atoms with Crippen LogP contribution in [0.15, 0.2) is 47.2 Å². The van der Waals surface area contributed by atoms with Crippen molar-refractivity contribution in [3.63, 3.8) is 0 Å². The molecule has 0 aromatic carbocycles. The molecule has 1 amide bonds. The Morgan fingerprint density at radius 3 is 2.55 bits per heavy atom. The van der Waals surface area contributed by atoms with E-state index in [4.69, 9.17) is 18.8 Å². The molecule has 1 N–H and O–H groups in total. The summed E-state index contributed by atoms with van der Waals surface area (Å²) in [7, 11) is 1.01. The van der Waals surface area contributed by atoms with Gasteiger partial charge in [0.1, 0.15) is 17.3 Å². The highest BCUT2D eigenvalue weighted by molar-refractivity contribution is 6.48. The zero-order chi connectivity index (χ0) is 23.8. The summed E-state index contributed by atoms with van der Waals surface area (Å²) in [6.45, 7) is 9.04. The largest absolute Gasteiger partial charge is 0.494 e. The Kier molecular flexibility index (Phi) is 6.79. The Balaban J connectivity index is 1.44. The van der Waals surface area contributed by atoms with Crippen LogP contribution in [0.25, 0.3) is 0 Å². The number of methoxy groups -OCH3 is 1. The van der Waals surface area contributed by atoms with Crippen molar-refractivity contribution in [2.24, 2.45) is 11.8 Å². The molecule has 4 aliphatic rings. The molecular formula is C25H35BFNO5. The first-order valence-electron chi connectivity index (χ1n) is 11.9. The van der Waals surface area contributed by atoms with Gasteiger partial charge in [-0.25, -0.2) is 4.39 Å². The van der Waals surface area contributed by atoms with E-state index in [2.05, 4.69) is 5.32 Å². The van der Waals surface area contributed by atoms with E-state index in [9.17, 15) is 9.18 Å². The molecule has 0 spiro atoms. The average molecular weight is 459 g/mol. The molecular weight excluding hydrogens is 424 g/mol. The monoisotopic (exact) mass is 459 g/mol. The van der Waals surface area contributed by atoms with Crippen molar-refractivity contribution in [3.8, 4) is 0 Å². The lowest BCUT2D eigenvalue weighted by atomic mass is 9.67. The Hall–Kier alpha value is -2.06. The van der Waals surface area contributed by atoms with Crippen molar-refractivity contribution in [3.05, 3.63) is 47.2 Å². The second-order valence-corrected chi connectivity index (χ2v) is 10.4. The molecule has 4 rings (SSSR count). The summed E-state index contributed by atoms with van der Waals surface area (Å²) in [5.74, 6) is 0.678. The first-order valence-corrected chi connectivity index (χ1v) is 11.9. The summed E-state index contributed by atoms with van der Waals surface area (Å²) in [6.07, 6.45) is 10.6. The molecule has 0 aromatic rings. The van der Waals surface area contributed by atoms with Gasteiger partial charge in [-0.15, -0.1) is 0 Å². The fourth-order valence-electron chi connectivity index (χ4n) is 4.14. The van der Waals surface area contributed by atoms with Crippen LogP contribution in [0.2, 0.25) is 5.82 Å². The van der Waals surface area contributed by atoms with E-state index in [-0.39, 0.29) is 35.6 Å². The van der Waals surface area contributed by atoms with Crippen LogP contribution in [0.1, 0.15) is 53.4 Å². The van der Waals surface area contributed by atoms with Crippen molar-refractivity contribution in [1.82, 2.24) is 5.32 Å². The normalized spacial score (nSPS) is 28.4. The molecule has 2 unspecified atom stereocenters. The van der Waals surface area contributed by atoms with Gasteiger partial charge in [-0.05, 0) is 65.0 Å². The molecule has 8 heteroatoms. The lowest BCUT2D eigenvalue weighted by Gasteiger charge is -2.32. The van der Waals surface area contributed by atoms with E-state index in [1.165, 1.54) is 20.0 Å². The van der Waals surface area contributed by atoms with Gasteiger partial charge < -0.3 is 24.1 Å². The lowest BCUT2D eigenvalue weighted by molar-refractivity contribution is -0.117. The average Bonchev–Trinajstić information content (AvgIpc) is 3.56. The minimum absolute atomic E-state index is 0.0979. The van der Waals surface area contributed by atoms with Crippen molar-refractivity contribution in [2.45, 2.75) is 70.4 Å². The Morgan fingerprint density at radius 2 is 1.94 bits per heavy atom. The van der Waals surface area contributed by atoms with Crippen LogP contribution in [0.5, 0.6) is 0 Å². The summed E-state index contributed by atoms with van der Waals surface area (Å²) in [6, 6.07) is 0. The number of nitrogens with one attached hydrogen (secondary N) is 1. The fraction of sp³-hybridized carbons (Fsp3) is 0.640. The van der Waals surface area contributed by atoms with Crippen LogP contribution in [0, 0.1) is 11.8 Å². The van der Waals surface area contributed by atoms with Gasteiger partial charge in [-0.2, -0.15) is 0 Å². The van der Waals surface area contributed by atoms with Gasteiger partial charge in [0.05, 0.1) is 30.5 Å². The number of carbonyl (C=O) groups excluding carboxylic acids is 1. The minimum Gasteiger partial charge on any atom is -0.494 e. The SMILES string of the molecule is COC1=C(F)CC(CNC(=O)C2=CC(B3OC(C)(C)C(C)(C)O3)CC=C2OCC2CC2)C=C1. The summed E-state index contributed by atoms with van der Waals surface area (Å²) < 4.78 is 37.6.